The molecule has 0 unspecified atom stereocenters. The van der Waals surface area contributed by atoms with Crippen molar-refractivity contribution in [3.05, 3.63) is 51.3 Å². The van der Waals surface area contributed by atoms with Gasteiger partial charge in [0.1, 0.15) is 18.9 Å². The zero-order valence-corrected chi connectivity index (χ0v) is 11.3. The van der Waals surface area contributed by atoms with E-state index in [0.717, 1.165) is 11.8 Å². The molecule has 7 nitrogen and oxygen atoms in total. The zero-order valence-electron chi connectivity index (χ0n) is 10.5. The van der Waals surface area contributed by atoms with Gasteiger partial charge >= 0.3 is 5.69 Å². The van der Waals surface area contributed by atoms with Crippen LogP contribution in [0.4, 0.5) is 11.4 Å². The fourth-order valence-electron chi connectivity index (χ4n) is 1.61. The lowest BCUT2D eigenvalue weighted by molar-refractivity contribution is -0.385. The molecule has 1 N–H and O–H groups in total. The molecule has 0 spiro atoms. The number of nitro groups is 1. The maximum Gasteiger partial charge on any atom is 0.307 e. The summed E-state index contributed by atoms with van der Waals surface area (Å²) in [6, 6.07) is 5.18. The molecule has 2 aromatic rings. The van der Waals surface area contributed by atoms with Gasteiger partial charge in [0, 0.05) is 10.7 Å². The lowest BCUT2D eigenvalue weighted by atomic mass is 10.2. The van der Waals surface area contributed by atoms with Gasteiger partial charge in [-0.3, -0.25) is 19.6 Å². The standard InChI is InChI=1S/C12H11ClN4O3/c1-8-10(13)3-2-4-11(8)15-12(18)7-16-6-9(5-14-16)17(19)20/h2-6H,7H2,1H3,(H,15,18). The molecule has 0 saturated heterocycles. The van der Waals surface area contributed by atoms with Crippen LogP contribution in [-0.2, 0) is 11.3 Å². The third kappa shape index (κ3) is 3.12. The van der Waals surface area contributed by atoms with Crippen LogP contribution in [0, 0.1) is 17.0 Å². The maximum atomic E-state index is 11.8. The average molecular weight is 295 g/mol. The molecule has 0 fully saturated rings. The highest BCUT2D eigenvalue weighted by Gasteiger charge is 2.12. The predicted molar refractivity (Wildman–Crippen MR) is 73.7 cm³/mol. The van der Waals surface area contributed by atoms with E-state index >= 15 is 0 Å². The van der Waals surface area contributed by atoms with Gasteiger partial charge in [0.2, 0.25) is 5.91 Å². The summed E-state index contributed by atoms with van der Waals surface area (Å²) in [5.41, 5.74) is 1.20. The summed E-state index contributed by atoms with van der Waals surface area (Å²) < 4.78 is 1.20. The number of hydrogen-bond donors (Lipinski definition) is 1. The van der Waals surface area contributed by atoms with Crippen LogP contribution in [0.15, 0.2) is 30.6 Å². The Hall–Kier alpha value is -2.41. The number of rotatable bonds is 4. The minimum Gasteiger partial charge on any atom is -0.324 e. The van der Waals surface area contributed by atoms with Gasteiger partial charge in [0.05, 0.1) is 4.92 Å². The van der Waals surface area contributed by atoms with Crippen LogP contribution in [0.5, 0.6) is 0 Å². The molecule has 0 aliphatic carbocycles. The molecule has 2 rings (SSSR count). The first kappa shape index (κ1) is 14.0. The Bertz CT molecular complexity index is 668. The van der Waals surface area contributed by atoms with Gasteiger partial charge in [-0.2, -0.15) is 5.10 Å². The van der Waals surface area contributed by atoms with E-state index in [1.807, 2.05) is 0 Å². The molecule has 0 aliphatic rings. The number of aromatic nitrogens is 2. The van der Waals surface area contributed by atoms with Crippen molar-refractivity contribution in [3.63, 3.8) is 0 Å². The van der Waals surface area contributed by atoms with Crippen LogP contribution in [0.1, 0.15) is 5.56 Å². The van der Waals surface area contributed by atoms with E-state index in [9.17, 15) is 14.9 Å². The molecule has 0 aliphatic heterocycles. The smallest absolute Gasteiger partial charge is 0.307 e. The van der Waals surface area contributed by atoms with Crippen molar-refractivity contribution in [2.75, 3.05) is 5.32 Å². The predicted octanol–water partition coefficient (Wildman–Crippen LogP) is 2.39. The first-order valence-corrected chi connectivity index (χ1v) is 6.07. The molecule has 0 atom stereocenters. The van der Waals surface area contributed by atoms with Crippen LogP contribution >= 0.6 is 11.6 Å². The molecule has 1 aromatic heterocycles. The highest BCUT2D eigenvalue weighted by Crippen LogP contribution is 2.22. The minimum absolute atomic E-state index is 0.111. The van der Waals surface area contributed by atoms with E-state index in [0.29, 0.717) is 10.7 Å². The van der Waals surface area contributed by atoms with Crippen LogP contribution in [0.3, 0.4) is 0 Å². The van der Waals surface area contributed by atoms with Crippen molar-refractivity contribution in [2.24, 2.45) is 0 Å². The molecule has 1 heterocycles. The first-order chi connectivity index (χ1) is 9.47. The van der Waals surface area contributed by atoms with Gasteiger partial charge in [-0.15, -0.1) is 0 Å². The normalized spacial score (nSPS) is 10.3. The number of benzene rings is 1. The number of nitrogens with one attached hydrogen (secondary N) is 1. The lowest BCUT2D eigenvalue weighted by Crippen LogP contribution is -2.19. The third-order valence-corrected chi connectivity index (χ3v) is 3.09. The number of anilines is 1. The maximum absolute atomic E-state index is 11.8. The van der Waals surface area contributed by atoms with Crippen molar-refractivity contribution < 1.29 is 9.72 Å². The fraction of sp³-hybridized carbons (Fsp3) is 0.167. The molecule has 104 valence electrons. The highest BCUT2D eigenvalue weighted by molar-refractivity contribution is 6.31. The molecule has 0 radical (unpaired) electrons. The number of hydrogen-bond acceptors (Lipinski definition) is 4. The van der Waals surface area contributed by atoms with Gasteiger partial charge < -0.3 is 5.32 Å². The molecular formula is C12H11ClN4O3. The molecule has 20 heavy (non-hydrogen) atoms. The van der Waals surface area contributed by atoms with E-state index in [-0.39, 0.29) is 18.1 Å². The number of carbonyl (C=O) groups is 1. The Balaban J connectivity index is 2.05. The molecule has 1 amide bonds. The largest absolute Gasteiger partial charge is 0.324 e. The van der Waals surface area contributed by atoms with Gasteiger partial charge in [0.25, 0.3) is 0 Å². The van der Waals surface area contributed by atoms with E-state index in [1.165, 1.54) is 10.9 Å². The van der Waals surface area contributed by atoms with Crippen molar-refractivity contribution in [1.82, 2.24) is 9.78 Å². The zero-order chi connectivity index (χ0) is 14.7. The topological polar surface area (TPSA) is 90.1 Å². The Morgan fingerprint density at radius 3 is 2.95 bits per heavy atom. The van der Waals surface area contributed by atoms with Crippen LogP contribution < -0.4 is 5.32 Å². The number of carbonyl (C=O) groups excluding carboxylic acids is 1. The Morgan fingerprint density at radius 1 is 1.55 bits per heavy atom. The quantitative estimate of drug-likeness (QED) is 0.692. The van der Waals surface area contributed by atoms with Gasteiger partial charge in [0.15, 0.2) is 0 Å². The van der Waals surface area contributed by atoms with Crippen molar-refractivity contribution in [1.29, 1.82) is 0 Å². The Labute approximate surface area is 119 Å². The van der Waals surface area contributed by atoms with Crippen LogP contribution in [-0.4, -0.2) is 20.6 Å². The summed E-state index contributed by atoms with van der Waals surface area (Å²) in [6.45, 7) is 1.68. The van der Waals surface area contributed by atoms with Gasteiger partial charge in [-0.05, 0) is 24.6 Å². The summed E-state index contributed by atoms with van der Waals surface area (Å²) in [6.07, 6.45) is 2.29. The SMILES string of the molecule is Cc1c(Cl)cccc1NC(=O)Cn1cc([N+](=O)[O-])cn1. The van der Waals surface area contributed by atoms with Crippen molar-refractivity contribution in [2.45, 2.75) is 13.5 Å². The lowest BCUT2D eigenvalue weighted by Gasteiger charge is -2.09. The van der Waals surface area contributed by atoms with Crippen molar-refractivity contribution in [3.8, 4) is 0 Å². The van der Waals surface area contributed by atoms with Gasteiger partial charge in [-0.25, -0.2) is 0 Å². The molecule has 0 bridgehead atoms. The van der Waals surface area contributed by atoms with E-state index < -0.39 is 4.92 Å². The summed E-state index contributed by atoms with van der Waals surface area (Å²) in [4.78, 5) is 21.8. The number of amides is 1. The monoisotopic (exact) mass is 294 g/mol. The number of nitrogens with zero attached hydrogens (tertiary/aromatic N) is 3. The second-order valence-corrected chi connectivity index (χ2v) is 4.52. The Morgan fingerprint density at radius 2 is 2.30 bits per heavy atom. The average Bonchev–Trinajstić information content (AvgIpc) is 2.83. The first-order valence-electron chi connectivity index (χ1n) is 5.69. The van der Waals surface area contributed by atoms with Crippen LogP contribution in [0.2, 0.25) is 5.02 Å². The van der Waals surface area contributed by atoms with Crippen LogP contribution in [0.25, 0.3) is 0 Å². The Kier molecular flexibility index (Phi) is 3.99. The van der Waals surface area contributed by atoms with E-state index in [1.54, 1.807) is 25.1 Å². The summed E-state index contributed by atoms with van der Waals surface area (Å²) in [7, 11) is 0. The summed E-state index contributed by atoms with van der Waals surface area (Å²) >= 11 is 5.95. The second kappa shape index (κ2) is 5.70. The summed E-state index contributed by atoms with van der Waals surface area (Å²) in [5, 5.41) is 17.5. The molecular weight excluding hydrogens is 284 g/mol. The van der Waals surface area contributed by atoms with E-state index in [2.05, 4.69) is 10.4 Å². The molecule has 1 aromatic carbocycles. The number of halogens is 1. The summed E-state index contributed by atoms with van der Waals surface area (Å²) in [5.74, 6) is -0.339. The second-order valence-electron chi connectivity index (χ2n) is 4.11. The van der Waals surface area contributed by atoms with Gasteiger partial charge in [-0.1, -0.05) is 17.7 Å². The third-order valence-electron chi connectivity index (χ3n) is 2.68. The molecule has 0 saturated carbocycles. The van der Waals surface area contributed by atoms with E-state index in [4.69, 9.17) is 11.6 Å². The highest BCUT2D eigenvalue weighted by atomic mass is 35.5. The fourth-order valence-corrected chi connectivity index (χ4v) is 1.79. The van der Waals surface area contributed by atoms with Crippen molar-refractivity contribution >= 4 is 28.9 Å². The minimum atomic E-state index is -0.567. The molecule has 8 heteroatoms.